The predicted octanol–water partition coefficient (Wildman–Crippen LogP) is 3.44. The van der Waals surface area contributed by atoms with Gasteiger partial charge in [-0.15, -0.1) is 0 Å². The molecule has 4 rings (SSSR count). The molecule has 2 aliphatic rings. The smallest absolute Gasteiger partial charge is 0.368 e. The number of halogens is 4. The minimum Gasteiger partial charge on any atom is -0.368 e. The van der Waals surface area contributed by atoms with Crippen LogP contribution < -0.4 is 4.90 Å². The maximum Gasteiger partial charge on any atom is 0.416 e. The van der Waals surface area contributed by atoms with Crippen molar-refractivity contribution in [3.63, 3.8) is 0 Å². The zero-order valence-corrected chi connectivity index (χ0v) is 18.2. The van der Waals surface area contributed by atoms with E-state index >= 15 is 0 Å². The Balaban J connectivity index is 1.43. The fourth-order valence-corrected chi connectivity index (χ4v) is 4.21. The van der Waals surface area contributed by atoms with E-state index in [0.717, 1.165) is 16.8 Å². The van der Waals surface area contributed by atoms with Gasteiger partial charge in [0.1, 0.15) is 11.9 Å². The number of hydrogen-bond donors (Lipinski definition) is 0. The summed E-state index contributed by atoms with van der Waals surface area (Å²) < 4.78 is 54.7. The van der Waals surface area contributed by atoms with Gasteiger partial charge >= 0.3 is 12.2 Å². The maximum absolute atomic E-state index is 13.8. The van der Waals surface area contributed by atoms with E-state index in [0.29, 0.717) is 56.9 Å². The molecular weight excluding hydrogens is 442 g/mol. The number of rotatable bonds is 4. The quantitative estimate of drug-likeness (QED) is 0.509. The molecule has 3 heterocycles. The normalized spacial score (nSPS) is 19.8. The van der Waals surface area contributed by atoms with Gasteiger partial charge in [-0.25, -0.2) is 9.18 Å². The zero-order valence-electron chi connectivity index (χ0n) is 18.2. The molecule has 1 aromatic heterocycles. The van der Waals surface area contributed by atoms with E-state index in [1.807, 2.05) is 0 Å². The lowest BCUT2D eigenvalue weighted by molar-refractivity contribution is -0.137. The lowest BCUT2D eigenvalue weighted by atomic mass is 10.1. The van der Waals surface area contributed by atoms with E-state index in [4.69, 9.17) is 0 Å². The highest BCUT2D eigenvalue weighted by Crippen LogP contribution is 2.35. The van der Waals surface area contributed by atoms with Gasteiger partial charge in [-0.2, -0.15) is 23.0 Å². The molecule has 7 nitrogen and oxygen atoms in total. The number of hydrogen-bond acceptors (Lipinski definition) is 5. The van der Waals surface area contributed by atoms with Gasteiger partial charge in [0.2, 0.25) is 0 Å². The number of alkyl halides is 4. The summed E-state index contributed by atoms with van der Waals surface area (Å²) in [6, 6.07) is 4.80. The number of Topliss-reactive ketones (excluding diaryl/α,β-unsaturated/α-hetero) is 1. The molecular formula is C22H25F4N5O2. The van der Waals surface area contributed by atoms with Gasteiger partial charge in [0.05, 0.1) is 5.56 Å². The Hall–Kier alpha value is -2.95. The van der Waals surface area contributed by atoms with E-state index in [1.54, 1.807) is 9.80 Å². The molecule has 0 radical (unpaired) electrons. The van der Waals surface area contributed by atoms with Crippen LogP contribution in [0.1, 0.15) is 35.0 Å². The summed E-state index contributed by atoms with van der Waals surface area (Å²) in [6.07, 6.45) is -3.76. The highest BCUT2D eigenvalue weighted by Gasteiger charge is 2.33. The van der Waals surface area contributed by atoms with E-state index in [2.05, 4.69) is 10.00 Å². The Morgan fingerprint density at radius 2 is 1.82 bits per heavy atom. The van der Waals surface area contributed by atoms with Crippen molar-refractivity contribution in [2.45, 2.75) is 32.2 Å². The van der Waals surface area contributed by atoms with Gasteiger partial charge in [0, 0.05) is 64.6 Å². The Kier molecular flexibility index (Phi) is 6.42. The predicted molar refractivity (Wildman–Crippen MR) is 113 cm³/mol. The summed E-state index contributed by atoms with van der Waals surface area (Å²) in [7, 11) is 0. The average Bonchev–Trinajstić information content (AvgIpc) is 3.43. The van der Waals surface area contributed by atoms with Crippen molar-refractivity contribution >= 4 is 17.5 Å². The number of ketones is 1. The number of benzene rings is 1. The molecule has 2 aliphatic heterocycles. The molecule has 0 bridgehead atoms. The summed E-state index contributed by atoms with van der Waals surface area (Å²) in [5, 5.41) is 4.00. The summed E-state index contributed by atoms with van der Waals surface area (Å²) in [5.41, 5.74) is 0.587. The first-order valence-electron chi connectivity index (χ1n) is 10.8. The number of aromatic nitrogens is 2. The molecule has 178 valence electrons. The molecule has 2 saturated heterocycles. The van der Waals surface area contributed by atoms with Crippen LogP contribution in [0.25, 0.3) is 0 Å². The second-order valence-electron chi connectivity index (χ2n) is 8.42. The van der Waals surface area contributed by atoms with E-state index in [1.165, 1.54) is 25.3 Å². The van der Waals surface area contributed by atoms with Crippen LogP contribution in [0.15, 0.2) is 30.5 Å². The number of piperazine rings is 1. The van der Waals surface area contributed by atoms with Crippen LogP contribution >= 0.6 is 0 Å². The summed E-state index contributed by atoms with van der Waals surface area (Å²) in [6.45, 7) is 4.13. The van der Waals surface area contributed by atoms with Gasteiger partial charge in [0.25, 0.3) is 0 Å². The zero-order chi connectivity index (χ0) is 23.8. The molecule has 0 aliphatic carbocycles. The molecule has 0 saturated carbocycles. The van der Waals surface area contributed by atoms with E-state index < -0.39 is 17.9 Å². The van der Waals surface area contributed by atoms with E-state index in [-0.39, 0.29) is 24.1 Å². The fraction of sp³-hybridized carbons (Fsp3) is 0.500. The number of carbonyl (C=O) groups excluding carboxylic acids is 2. The Bertz CT molecular complexity index is 1030. The van der Waals surface area contributed by atoms with E-state index in [9.17, 15) is 27.2 Å². The third kappa shape index (κ3) is 5.18. The minimum atomic E-state index is -4.47. The van der Waals surface area contributed by atoms with Crippen LogP contribution in [-0.4, -0.2) is 76.8 Å². The van der Waals surface area contributed by atoms with Crippen LogP contribution in [-0.2, 0) is 12.7 Å². The monoisotopic (exact) mass is 467 g/mol. The Morgan fingerprint density at radius 1 is 1.09 bits per heavy atom. The van der Waals surface area contributed by atoms with Crippen LogP contribution in [0.2, 0.25) is 0 Å². The third-order valence-corrected chi connectivity index (χ3v) is 6.07. The topological polar surface area (TPSA) is 61.7 Å². The van der Waals surface area contributed by atoms with Crippen LogP contribution in [0.5, 0.6) is 0 Å². The Morgan fingerprint density at radius 3 is 2.39 bits per heavy atom. The second kappa shape index (κ2) is 9.12. The molecule has 1 atom stereocenters. The lowest BCUT2D eigenvalue weighted by Gasteiger charge is -2.35. The highest BCUT2D eigenvalue weighted by molar-refractivity contribution is 5.92. The minimum absolute atomic E-state index is 0.0860. The van der Waals surface area contributed by atoms with Crippen molar-refractivity contribution in [3.05, 3.63) is 47.3 Å². The fourth-order valence-electron chi connectivity index (χ4n) is 4.21. The number of amides is 1. The van der Waals surface area contributed by atoms with Crippen LogP contribution in [0.4, 0.5) is 28.0 Å². The lowest BCUT2D eigenvalue weighted by Crippen LogP contribution is -2.49. The SMILES string of the molecule is CC(=O)c1ccn(C(=O)N2CCN(Cc3ccc(C(F)(F)F)cc3N3CC[C@@H](F)C3)CC2)n1. The third-order valence-electron chi connectivity index (χ3n) is 6.07. The van der Waals surface area contributed by atoms with Gasteiger partial charge in [-0.1, -0.05) is 6.07 Å². The molecule has 0 N–H and O–H groups in total. The summed E-state index contributed by atoms with van der Waals surface area (Å²) in [4.78, 5) is 29.4. The molecule has 33 heavy (non-hydrogen) atoms. The second-order valence-corrected chi connectivity index (χ2v) is 8.42. The standard InChI is InChI=1S/C22H25F4N5O2/c1-15(32)19-5-7-31(27-19)21(33)29-10-8-28(9-11-29)13-16-2-3-17(22(24,25)26)12-20(16)30-6-4-18(23)14-30/h2-3,5,7,12,18H,4,6,8-11,13-14H2,1H3/t18-/m1/s1. The molecule has 1 aromatic carbocycles. The molecule has 1 amide bonds. The number of carbonyl (C=O) groups is 2. The van der Waals surface area contributed by atoms with Crippen molar-refractivity contribution < 1.29 is 27.2 Å². The van der Waals surface area contributed by atoms with Crippen molar-refractivity contribution in [2.75, 3.05) is 44.2 Å². The van der Waals surface area contributed by atoms with Gasteiger partial charge in [-0.05, 0) is 30.2 Å². The largest absolute Gasteiger partial charge is 0.416 e. The van der Waals surface area contributed by atoms with Gasteiger partial charge in [0.15, 0.2) is 5.78 Å². The van der Waals surface area contributed by atoms with Crippen molar-refractivity contribution in [3.8, 4) is 0 Å². The molecule has 2 fully saturated rings. The van der Waals surface area contributed by atoms with Gasteiger partial charge < -0.3 is 9.80 Å². The first kappa shape index (κ1) is 23.2. The average molecular weight is 467 g/mol. The highest BCUT2D eigenvalue weighted by atomic mass is 19.4. The van der Waals surface area contributed by atoms with Gasteiger partial charge in [-0.3, -0.25) is 9.69 Å². The van der Waals surface area contributed by atoms with Crippen LogP contribution in [0.3, 0.4) is 0 Å². The molecule has 0 spiro atoms. The van der Waals surface area contributed by atoms with Crippen molar-refractivity contribution in [2.24, 2.45) is 0 Å². The number of anilines is 1. The summed E-state index contributed by atoms with van der Waals surface area (Å²) >= 11 is 0. The molecule has 11 heteroatoms. The summed E-state index contributed by atoms with van der Waals surface area (Å²) in [5.74, 6) is -0.226. The molecule has 2 aromatic rings. The first-order chi connectivity index (χ1) is 15.6. The van der Waals surface area contributed by atoms with Crippen molar-refractivity contribution in [1.82, 2.24) is 19.6 Å². The first-order valence-corrected chi connectivity index (χ1v) is 10.8. The molecule has 0 unspecified atom stereocenters. The van der Waals surface area contributed by atoms with Crippen molar-refractivity contribution in [1.29, 1.82) is 0 Å². The number of nitrogens with zero attached hydrogens (tertiary/aromatic N) is 5. The maximum atomic E-state index is 13.8. The van der Waals surface area contributed by atoms with Crippen LogP contribution in [0, 0.1) is 0 Å². The Labute approximate surface area is 188 Å².